The van der Waals surface area contributed by atoms with Crippen molar-refractivity contribution in [1.29, 1.82) is 0 Å². The lowest BCUT2D eigenvalue weighted by molar-refractivity contribution is 0.380. The maximum atomic E-state index is 13.7. The Kier molecular flexibility index (Phi) is 2.70. The van der Waals surface area contributed by atoms with E-state index in [4.69, 9.17) is 10.3 Å². The lowest BCUT2D eigenvalue weighted by Gasteiger charge is -2.03. The molecular weight excluding hydrogens is 209 g/mol. The predicted molar refractivity (Wildman–Crippen MR) is 57.1 cm³/mol. The van der Waals surface area contributed by atoms with Crippen LogP contribution >= 0.6 is 0 Å². The second-order valence-corrected chi connectivity index (χ2v) is 3.63. The largest absolute Gasteiger partial charge is 0.338 e. The van der Waals surface area contributed by atoms with E-state index in [-0.39, 0.29) is 18.2 Å². The van der Waals surface area contributed by atoms with Crippen molar-refractivity contribution < 1.29 is 8.91 Å². The molecule has 1 heterocycles. The van der Waals surface area contributed by atoms with E-state index < -0.39 is 0 Å². The molecule has 0 aliphatic heterocycles. The molecular formula is C11H12FN3O. The predicted octanol–water partition coefficient (Wildman–Crippen LogP) is 1.95. The van der Waals surface area contributed by atoms with E-state index in [1.54, 1.807) is 6.07 Å². The molecule has 84 valence electrons. The standard InChI is InChI=1S/C11H12FN3O/c1-6-3-8(9(12)4-7(6)2)11-14-10(5-13)16-15-11/h3-4H,5,13H2,1-2H3. The minimum absolute atomic E-state index is 0.152. The molecule has 0 radical (unpaired) electrons. The van der Waals surface area contributed by atoms with Crippen molar-refractivity contribution in [2.75, 3.05) is 0 Å². The van der Waals surface area contributed by atoms with Crippen molar-refractivity contribution in [3.8, 4) is 11.4 Å². The molecule has 0 fully saturated rings. The van der Waals surface area contributed by atoms with Gasteiger partial charge in [-0.25, -0.2) is 4.39 Å². The minimum Gasteiger partial charge on any atom is -0.338 e. The summed E-state index contributed by atoms with van der Waals surface area (Å²) in [6, 6.07) is 3.17. The third kappa shape index (κ3) is 1.81. The van der Waals surface area contributed by atoms with Gasteiger partial charge in [0, 0.05) is 0 Å². The van der Waals surface area contributed by atoms with Crippen LogP contribution in [-0.2, 0) is 6.54 Å². The van der Waals surface area contributed by atoms with Gasteiger partial charge >= 0.3 is 0 Å². The third-order valence-corrected chi connectivity index (χ3v) is 2.47. The second-order valence-electron chi connectivity index (χ2n) is 3.63. The van der Waals surface area contributed by atoms with Gasteiger partial charge in [-0.2, -0.15) is 4.98 Å². The molecule has 1 aromatic carbocycles. The molecule has 1 aromatic heterocycles. The Morgan fingerprint density at radius 3 is 2.62 bits per heavy atom. The SMILES string of the molecule is Cc1cc(F)c(-c2noc(CN)n2)cc1C. The van der Waals surface area contributed by atoms with Gasteiger partial charge < -0.3 is 10.3 Å². The van der Waals surface area contributed by atoms with Crippen LogP contribution in [0.1, 0.15) is 17.0 Å². The van der Waals surface area contributed by atoms with Gasteiger partial charge in [-0.3, -0.25) is 0 Å². The molecule has 0 bridgehead atoms. The summed E-state index contributed by atoms with van der Waals surface area (Å²) < 4.78 is 18.5. The molecule has 4 nitrogen and oxygen atoms in total. The lowest BCUT2D eigenvalue weighted by atomic mass is 10.1. The monoisotopic (exact) mass is 221 g/mol. The van der Waals surface area contributed by atoms with Crippen LogP contribution in [0.4, 0.5) is 4.39 Å². The summed E-state index contributed by atoms with van der Waals surface area (Å²) in [5.41, 5.74) is 7.56. The molecule has 2 N–H and O–H groups in total. The molecule has 0 aliphatic carbocycles. The average molecular weight is 221 g/mol. The Balaban J connectivity index is 2.51. The smallest absolute Gasteiger partial charge is 0.240 e. The zero-order valence-electron chi connectivity index (χ0n) is 9.12. The summed E-state index contributed by atoms with van der Waals surface area (Å²) in [7, 11) is 0. The van der Waals surface area contributed by atoms with E-state index in [1.807, 2.05) is 13.8 Å². The minimum atomic E-state index is -0.354. The number of nitrogens with zero attached hydrogens (tertiary/aromatic N) is 2. The van der Waals surface area contributed by atoms with Gasteiger partial charge in [-0.15, -0.1) is 0 Å². The Morgan fingerprint density at radius 1 is 1.31 bits per heavy atom. The van der Waals surface area contributed by atoms with E-state index in [0.717, 1.165) is 11.1 Å². The Morgan fingerprint density at radius 2 is 2.00 bits per heavy atom. The molecule has 2 rings (SSSR count). The molecule has 0 atom stereocenters. The molecule has 2 aromatic rings. The van der Waals surface area contributed by atoms with Crippen LogP contribution in [0.2, 0.25) is 0 Å². The zero-order valence-corrected chi connectivity index (χ0v) is 9.12. The van der Waals surface area contributed by atoms with Crippen molar-refractivity contribution in [2.45, 2.75) is 20.4 Å². The van der Waals surface area contributed by atoms with Gasteiger partial charge in [0.05, 0.1) is 12.1 Å². The van der Waals surface area contributed by atoms with Crippen LogP contribution in [0.25, 0.3) is 11.4 Å². The fourth-order valence-electron chi connectivity index (χ4n) is 1.40. The zero-order chi connectivity index (χ0) is 11.7. The Bertz CT molecular complexity index is 522. The van der Waals surface area contributed by atoms with Gasteiger partial charge in [0.25, 0.3) is 0 Å². The van der Waals surface area contributed by atoms with Gasteiger partial charge in [-0.05, 0) is 37.1 Å². The molecule has 0 unspecified atom stereocenters. The van der Waals surface area contributed by atoms with Gasteiger partial charge in [0.1, 0.15) is 5.82 Å². The Labute approximate surface area is 92.3 Å². The molecule has 0 saturated heterocycles. The fraction of sp³-hybridized carbons (Fsp3) is 0.273. The van der Waals surface area contributed by atoms with Crippen LogP contribution in [0.5, 0.6) is 0 Å². The van der Waals surface area contributed by atoms with Crippen molar-refractivity contribution >= 4 is 0 Å². The van der Waals surface area contributed by atoms with Crippen molar-refractivity contribution in [2.24, 2.45) is 5.73 Å². The first-order valence-corrected chi connectivity index (χ1v) is 4.91. The number of hydrogen-bond donors (Lipinski definition) is 1. The number of benzene rings is 1. The molecule has 0 saturated carbocycles. The van der Waals surface area contributed by atoms with E-state index in [1.165, 1.54) is 6.07 Å². The number of nitrogens with two attached hydrogens (primary N) is 1. The molecule has 16 heavy (non-hydrogen) atoms. The highest BCUT2D eigenvalue weighted by molar-refractivity contribution is 5.57. The van der Waals surface area contributed by atoms with Crippen LogP contribution in [0, 0.1) is 19.7 Å². The summed E-state index contributed by atoms with van der Waals surface area (Å²) in [4.78, 5) is 3.99. The van der Waals surface area contributed by atoms with Crippen molar-refractivity contribution in [3.05, 3.63) is 35.0 Å². The summed E-state index contributed by atoms with van der Waals surface area (Å²) >= 11 is 0. The van der Waals surface area contributed by atoms with Crippen molar-refractivity contribution in [3.63, 3.8) is 0 Å². The van der Waals surface area contributed by atoms with E-state index >= 15 is 0 Å². The maximum absolute atomic E-state index is 13.7. The van der Waals surface area contributed by atoms with E-state index in [0.29, 0.717) is 11.5 Å². The summed E-state index contributed by atoms with van der Waals surface area (Å²) in [5, 5.41) is 3.68. The maximum Gasteiger partial charge on any atom is 0.240 e. The molecule has 5 heteroatoms. The average Bonchev–Trinajstić information content (AvgIpc) is 2.71. The highest BCUT2D eigenvalue weighted by atomic mass is 19.1. The second kappa shape index (κ2) is 4.02. The first kappa shape index (κ1) is 10.8. The number of aromatic nitrogens is 2. The van der Waals surface area contributed by atoms with Crippen LogP contribution in [0.3, 0.4) is 0 Å². The highest BCUT2D eigenvalue weighted by Crippen LogP contribution is 2.23. The van der Waals surface area contributed by atoms with Gasteiger partial charge in [-0.1, -0.05) is 5.16 Å². The number of rotatable bonds is 2. The van der Waals surface area contributed by atoms with Crippen LogP contribution in [0.15, 0.2) is 16.7 Å². The summed E-state index contributed by atoms with van der Waals surface area (Å²) in [5.74, 6) is 0.182. The topological polar surface area (TPSA) is 64.9 Å². The fourth-order valence-corrected chi connectivity index (χ4v) is 1.40. The summed E-state index contributed by atoms with van der Waals surface area (Å²) in [6.45, 7) is 3.91. The van der Waals surface area contributed by atoms with Crippen molar-refractivity contribution in [1.82, 2.24) is 10.1 Å². The molecule has 0 spiro atoms. The molecule has 0 amide bonds. The first-order chi connectivity index (χ1) is 7.61. The Hall–Kier alpha value is -1.75. The number of aryl methyl sites for hydroxylation is 2. The molecule has 0 aliphatic rings. The van der Waals surface area contributed by atoms with E-state index in [2.05, 4.69) is 10.1 Å². The summed E-state index contributed by atoms with van der Waals surface area (Å²) in [6.07, 6.45) is 0. The highest BCUT2D eigenvalue weighted by Gasteiger charge is 2.13. The first-order valence-electron chi connectivity index (χ1n) is 4.91. The van der Waals surface area contributed by atoms with E-state index in [9.17, 15) is 4.39 Å². The third-order valence-electron chi connectivity index (χ3n) is 2.47. The van der Waals surface area contributed by atoms with Crippen LogP contribution < -0.4 is 5.73 Å². The van der Waals surface area contributed by atoms with Gasteiger partial charge in [0.15, 0.2) is 0 Å². The lowest BCUT2D eigenvalue weighted by Crippen LogP contribution is -1.96. The normalized spacial score (nSPS) is 10.8. The van der Waals surface area contributed by atoms with Gasteiger partial charge in [0.2, 0.25) is 11.7 Å². The van der Waals surface area contributed by atoms with Crippen LogP contribution in [-0.4, -0.2) is 10.1 Å². The quantitative estimate of drug-likeness (QED) is 0.841. The number of hydrogen-bond acceptors (Lipinski definition) is 4. The number of halogens is 1.